The van der Waals surface area contributed by atoms with Crippen LogP contribution in [0.1, 0.15) is 30.4 Å². The molecule has 0 amide bonds. The van der Waals surface area contributed by atoms with Crippen molar-refractivity contribution >= 4 is 17.2 Å². The molecule has 5 rings (SSSR count). The maximum atomic E-state index is 14.9. The van der Waals surface area contributed by atoms with Crippen molar-refractivity contribution in [2.24, 2.45) is 0 Å². The van der Waals surface area contributed by atoms with E-state index in [0.717, 1.165) is 56.8 Å². The van der Waals surface area contributed by atoms with E-state index in [1.54, 1.807) is 12.1 Å². The summed E-state index contributed by atoms with van der Waals surface area (Å²) in [6.07, 6.45) is 11.0. The Labute approximate surface area is 132 Å². The minimum Gasteiger partial charge on any atom is -0.207 e. The van der Waals surface area contributed by atoms with Crippen LogP contribution in [-0.2, 0) is 0 Å². The van der Waals surface area contributed by atoms with Crippen LogP contribution in [0.2, 0.25) is 0 Å². The molecule has 0 unspecified atom stereocenters. The van der Waals surface area contributed by atoms with Gasteiger partial charge in [-0.05, 0) is 75.9 Å². The zero-order chi connectivity index (χ0) is 15.6. The summed E-state index contributed by atoms with van der Waals surface area (Å²) in [7, 11) is 0. The molecule has 0 bridgehead atoms. The van der Waals surface area contributed by atoms with Crippen LogP contribution in [0.4, 0.5) is 8.78 Å². The predicted molar refractivity (Wildman–Crippen MR) is 87.7 cm³/mol. The van der Waals surface area contributed by atoms with Crippen molar-refractivity contribution in [3.63, 3.8) is 0 Å². The highest BCUT2D eigenvalue weighted by Gasteiger charge is 2.22. The van der Waals surface area contributed by atoms with E-state index in [0.29, 0.717) is 0 Å². The highest BCUT2D eigenvalue weighted by molar-refractivity contribution is 5.81. The minimum atomic E-state index is -0.283. The van der Waals surface area contributed by atoms with Gasteiger partial charge in [0.25, 0.3) is 0 Å². The summed E-state index contributed by atoms with van der Waals surface area (Å²) in [5.74, 6) is -0.459. The second-order valence-electron chi connectivity index (χ2n) is 6.37. The lowest BCUT2D eigenvalue weighted by molar-refractivity contribution is 0.616. The normalized spacial score (nSPS) is 17.0. The standard InChI is InChI=1S/C21H14F2/c22-15-8-7-14-9-18-17(16(14)10-15)11-19(23)21(13-5-6-13)20(18)12-3-1-2-4-12/h1-3,7-11H,4-6H2. The Hall–Kier alpha value is -2.48. The third-order valence-electron chi connectivity index (χ3n) is 4.87. The van der Waals surface area contributed by atoms with Crippen molar-refractivity contribution in [3.05, 3.63) is 86.1 Å². The van der Waals surface area contributed by atoms with Gasteiger partial charge in [0.2, 0.25) is 0 Å². The molecule has 3 aliphatic carbocycles. The van der Waals surface area contributed by atoms with Crippen molar-refractivity contribution in [1.29, 1.82) is 0 Å². The minimum absolute atomic E-state index is 0.176. The molecule has 0 N–H and O–H groups in total. The predicted octanol–water partition coefficient (Wildman–Crippen LogP) is 3.68. The Balaban J connectivity index is 2.01. The second kappa shape index (κ2) is 4.51. The van der Waals surface area contributed by atoms with Gasteiger partial charge in [-0.25, -0.2) is 8.78 Å². The van der Waals surface area contributed by atoms with E-state index in [1.807, 2.05) is 6.08 Å². The first kappa shape index (κ1) is 13.0. The lowest BCUT2D eigenvalue weighted by Crippen LogP contribution is -2.16. The van der Waals surface area contributed by atoms with Gasteiger partial charge in [0.05, 0.1) is 0 Å². The molecule has 0 aliphatic heterocycles. The van der Waals surface area contributed by atoms with Gasteiger partial charge in [-0.3, -0.25) is 0 Å². The molecule has 112 valence electrons. The maximum Gasteiger partial charge on any atom is 0.131 e. The summed E-state index contributed by atoms with van der Waals surface area (Å²) < 4.78 is 28.5. The SMILES string of the molecule is Fc1ccc2c(c1)=c1cc(F)c(=C3CC3)c(C3=CC=CC3)c1C=2. The molecule has 0 radical (unpaired) electrons. The average Bonchev–Trinajstić information content (AvgIpc) is 3.10. The molecule has 2 heteroatoms. The Morgan fingerprint density at radius 3 is 2.57 bits per heavy atom. The molecule has 0 nitrogen and oxygen atoms in total. The highest BCUT2D eigenvalue weighted by atomic mass is 19.1. The summed E-state index contributed by atoms with van der Waals surface area (Å²) in [5.41, 5.74) is 4.40. The van der Waals surface area contributed by atoms with Crippen molar-refractivity contribution in [3.8, 4) is 0 Å². The Morgan fingerprint density at radius 1 is 0.957 bits per heavy atom. The van der Waals surface area contributed by atoms with Crippen molar-refractivity contribution < 1.29 is 8.78 Å². The molecule has 1 fully saturated rings. The van der Waals surface area contributed by atoms with Gasteiger partial charge in [0.15, 0.2) is 0 Å². The van der Waals surface area contributed by atoms with E-state index in [-0.39, 0.29) is 11.6 Å². The summed E-state index contributed by atoms with van der Waals surface area (Å²) >= 11 is 0. The Kier molecular flexibility index (Phi) is 2.55. The molecule has 0 heterocycles. The molecular formula is C21H14F2. The van der Waals surface area contributed by atoms with E-state index in [9.17, 15) is 8.78 Å². The zero-order valence-electron chi connectivity index (χ0n) is 12.5. The Morgan fingerprint density at radius 2 is 1.83 bits per heavy atom. The van der Waals surface area contributed by atoms with Crippen LogP contribution >= 0.6 is 0 Å². The first-order valence-electron chi connectivity index (χ1n) is 7.94. The topological polar surface area (TPSA) is 0 Å². The van der Waals surface area contributed by atoms with Crippen LogP contribution in [0, 0.1) is 22.1 Å². The quantitative estimate of drug-likeness (QED) is 0.643. The molecular weight excluding hydrogens is 290 g/mol. The van der Waals surface area contributed by atoms with Gasteiger partial charge in [-0.2, -0.15) is 0 Å². The summed E-state index contributed by atoms with van der Waals surface area (Å²) in [4.78, 5) is 0. The van der Waals surface area contributed by atoms with Gasteiger partial charge in [-0.15, -0.1) is 0 Å². The zero-order valence-corrected chi connectivity index (χ0v) is 12.5. The first-order chi connectivity index (χ1) is 11.2. The molecule has 3 aliphatic rings. The van der Waals surface area contributed by atoms with Crippen molar-refractivity contribution in [2.45, 2.75) is 19.3 Å². The summed E-state index contributed by atoms with van der Waals surface area (Å²) in [5, 5.41) is 3.35. The third kappa shape index (κ3) is 1.88. The molecule has 1 saturated carbocycles. The van der Waals surface area contributed by atoms with Crippen LogP contribution in [-0.4, -0.2) is 0 Å². The van der Waals surface area contributed by atoms with Gasteiger partial charge in [-0.1, -0.05) is 29.9 Å². The first-order valence-corrected chi connectivity index (χ1v) is 7.94. The number of allylic oxidation sites excluding steroid dienone is 4. The molecule has 2 aromatic carbocycles. The van der Waals surface area contributed by atoms with Gasteiger partial charge < -0.3 is 0 Å². The fraction of sp³-hybridized carbons (Fsp3) is 0.143. The van der Waals surface area contributed by atoms with Crippen LogP contribution in [0.25, 0.3) is 17.2 Å². The number of hydrogen-bond acceptors (Lipinski definition) is 0. The maximum absolute atomic E-state index is 14.9. The number of benzene rings is 2. The molecule has 2 aromatic rings. The number of rotatable bonds is 1. The molecule has 0 saturated heterocycles. The van der Waals surface area contributed by atoms with Gasteiger partial charge in [0.1, 0.15) is 11.6 Å². The van der Waals surface area contributed by atoms with Gasteiger partial charge >= 0.3 is 0 Å². The highest BCUT2D eigenvalue weighted by Crippen LogP contribution is 2.33. The van der Waals surface area contributed by atoms with Crippen LogP contribution in [0.3, 0.4) is 0 Å². The fourth-order valence-electron chi connectivity index (χ4n) is 3.71. The Bertz CT molecular complexity index is 1140. The van der Waals surface area contributed by atoms with E-state index in [4.69, 9.17) is 0 Å². The molecule has 0 atom stereocenters. The molecule has 0 aromatic heterocycles. The molecule has 23 heavy (non-hydrogen) atoms. The van der Waals surface area contributed by atoms with Crippen LogP contribution < -0.4 is 10.4 Å². The fourth-order valence-corrected chi connectivity index (χ4v) is 3.71. The molecule has 0 spiro atoms. The van der Waals surface area contributed by atoms with E-state index >= 15 is 0 Å². The smallest absolute Gasteiger partial charge is 0.131 e. The number of hydrogen-bond donors (Lipinski definition) is 0. The summed E-state index contributed by atoms with van der Waals surface area (Å²) in [6, 6.07) is 6.33. The second-order valence-corrected chi connectivity index (χ2v) is 6.37. The van der Waals surface area contributed by atoms with E-state index < -0.39 is 0 Å². The largest absolute Gasteiger partial charge is 0.207 e. The van der Waals surface area contributed by atoms with E-state index in [1.165, 1.54) is 17.7 Å². The lowest BCUT2D eigenvalue weighted by atomic mass is 9.94. The number of fused-ring (bicyclic) bond motifs is 2. The van der Waals surface area contributed by atoms with Crippen molar-refractivity contribution in [1.82, 2.24) is 0 Å². The monoisotopic (exact) mass is 304 g/mol. The van der Waals surface area contributed by atoms with Crippen LogP contribution in [0.15, 0.2) is 42.5 Å². The van der Waals surface area contributed by atoms with Crippen LogP contribution in [0.5, 0.6) is 0 Å². The lowest BCUT2D eigenvalue weighted by Gasteiger charge is -2.10. The summed E-state index contributed by atoms with van der Waals surface area (Å²) in [6.45, 7) is 0. The number of halogens is 2. The van der Waals surface area contributed by atoms with E-state index in [2.05, 4.69) is 18.2 Å². The third-order valence-corrected chi connectivity index (χ3v) is 4.87. The van der Waals surface area contributed by atoms with Crippen molar-refractivity contribution in [2.75, 3.05) is 0 Å². The average molecular weight is 304 g/mol. The van der Waals surface area contributed by atoms with Gasteiger partial charge in [0, 0.05) is 5.22 Å².